The van der Waals surface area contributed by atoms with Crippen LogP contribution in [-0.4, -0.2) is 47.1 Å². The molecule has 1 aliphatic rings. The fraction of sp³-hybridized carbons (Fsp3) is 0.611. The number of amides is 1. The minimum atomic E-state index is -5.37. The van der Waals surface area contributed by atoms with E-state index in [1.165, 1.54) is 4.90 Å². The highest BCUT2D eigenvalue weighted by atomic mass is 19.4. The van der Waals surface area contributed by atoms with Crippen LogP contribution in [0.4, 0.5) is 26.3 Å². The van der Waals surface area contributed by atoms with E-state index in [-0.39, 0.29) is 18.4 Å². The maximum absolute atomic E-state index is 13.2. The lowest BCUT2D eigenvalue weighted by Gasteiger charge is -2.33. The van der Waals surface area contributed by atoms with Gasteiger partial charge < -0.3 is 14.4 Å². The SMILES string of the molecule is CC(C)C(=O)N1CCC[C@H](Oc2cc(C(N)OC(=O)C(F)(F)F)cc(C(F)(F)F)n2)C1. The predicted octanol–water partition coefficient (Wildman–Crippen LogP) is 3.19. The van der Waals surface area contributed by atoms with Crippen LogP contribution in [0.2, 0.25) is 0 Å². The number of nitrogens with zero attached hydrogens (tertiary/aromatic N) is 2. The van der Waals surface area contributed by atoms with E-state index in [1.807, 2.05) is 0 Å². The Morgan fingerprint density at radius 3 is 2.39 bits per heavy atom. The molecule has 1 amide bonds. The summed E-state index contributed by atoms with van der Waals surface area (Å²) in [5.41, 5.74) is 3.29. The maximum Gasteiger partial charge on any atom is 0.490 e. The number of likely N-dealkylation sites (tertiary alicyclic amines) is 1. The fourth-order valence-corrected chi connectivity index (χ4v) is 2.92. The average Bonchev–Trinajstić information content (AvgIpc) is 2.65. The molecule has 1 fully saturated rings. The second-order valence-electron chi connectivity index (χ2n) is 7.27. The molecule has 0 aromatic carbocycles. The van der Waals surface area contributed by atoms with Gasteiger partial charge in [-0.05, 0) is 18.9 Å². The Bertz CT molecular complexity index is 812. The maximum atomic E-state index is 13.2. The summed E-state index contributed by atoms with van der Waals surface area (Å²) in [5.74, 6) is -3.64. The largest absolute Gasteiger partial charge is 0.490 e. The van der Waals surface area contributed by atoms with E-state index < -0.39 is 47.8 Å². The van der Waals surface area contributed by atoms with Crippen molar-refractivity contribution in [3.8, 4) is 5.88 Å². The summed E-state index contributed by atoms with van der Waals surface area (Å²) in [7, 11) is 0. The van der Waals surface area contributed by atoms with Crippen molar-refractivity contribution in [3.63, 3.8) is 0 Å². The lowest BCUT2D eigenvalue weighted by molar-refractivity contribution is -0.205. The number of nitrogens with two attached hydrogens (primary N) is 1. The number of rotatable bonds is 5. The monoisotopic (exact) mass is 457 g/mol. The smallest absolute Gasteiger partial charge is 0.472 e. The number of piperidine rings is 1. The normalized spacial score (nSPS) is 18.6. The van der Waals surface area contributed by atoms with Crippen LogP contribution in [0, 0.1) is 5.92 Å². The molecule has 1 aromatic rings. The number of pyridine rings is 1. The topological polar surface area (TPSA) is 94.8 Å². The van der Waals surface area contributed by atoms with Crippen LogP contribution in [0.1, 0.15) is 44.2 Å². The Kier molecular flexibility index (Phi) is 7.40. The van der Waals surface area contributed by atoms with Gasteiger partial charge in [-0.1, -0.05) is 13.8 Å². The van der Waals surface area contributed by atoms with Crippen molar-refractivity contribution in [1.82, 2.24) is 9.88 Å². The number of hydrogen-bond acceptors (Lipinski definition) is 6. The Labute approximate surface area is 173 Å². The molecular weight excluding hydrogens is 436 g/mol. The molecule has 1 aromatic heterocycles. The summed E-state index contributed by atoms with van der Waals surface area (Å²) in [4.78, 5) is 28.0. The van der Waals surface area contributed by atoms with E-state index >= 15 is 0 Å². The molecule has 13 heteroatoms. The minimum absolute atomic E-state index is 0.111. The van der Waals surface area contributed by atoms with Crippen molar-refractivity contribution >= 4 is 11.9 Å². The van der Waals surface area contributed by atoms with Gasteiger partial charge in [0.2, 0.25) is 11.8 Å². The highest BCUT2D eigenvalue weighted by Crippen LogP contribution is 2.32. The van der Waals surface area contributed by atoms with Crippen LogP contribution >= 0.6 is 0 Å². The van der Waals surface area contributed by atoms with E-state index in [9.17, 15) is 35.9 Å². The molecule has 174 valence electrons. The molecule has 0 bridgehead atoms. The van der Waals surface area contributed by atoms with Gasteiger partial charge in [-0.15, -0.1) is 0 Å². The summed E-state index contributed by atoms with van der Waals surface area (Å²) >= 11 is 0. The zero-order chi connectivity index (χ0) is 23.6. The highest BCUT2D eigenvalue weighted by Gasteiger charge is 2.42. The summed E-state index contributed by atoms with van der Waals surface area (Å²) in [5, 5.41) is 0. The van der Waals surface area contributed by atoms with Crippen LogP contribution in [0.5, 0.6) is 5.88 Å². The molecule has 0 saturated carbocycles. The number of esters is 1. The third-order valence-electron chi connectivity index (χ3n) is 4.38. The Hall–Kier alpha value is -2.57. The quantitative estimate of drug-likeness (QED) is 0.415. The molecule has 2 heterocycles. The van der Waals surface area contributed by atoms with Gasteiger partial charge >= 0.3 is 18.3 Å². The molecule has 2 rings (SSSR count). The van der Waals surface area contributed by atoms with Gasteiger partial charge in [0.1, 0.15) is 11.8 Å². The second kappa shape index (κ2) is 9.28. The van der Waals surface area contributed by atoms with E-state index in [0.29, 0.717) is 25.5 Å². The molecule has 0 spiro atoms. The van der Waals surface area contributed by atoms with Crippen molar-refractivity contribution in [3.05, 3.63) is 23.4 Å². The first-order valence-corrected chi connectivity index (χ1v) is 9.26. The number of halogens is 6. The van der Waals surface area contributed by atoms with Gasteiger partial charge in [0.25, 0.3) is 0 Å². The first-order valence-electron chi connectivity index (χ1n) is 9.26. The van der Waals surface area contributed by atoms with Crippen molar-refractivity contribution < 1.29 is 45.4 Å². The summed E-state index contributed by atoms with van der Waals surface area (Å²) in [6, 6.07) is 1.24. The van der Waals surface area contributed by atoms with Crippen LogP contribution < -0.4 is 10.5 Å². The van der Waals surface area contributed by atoms with E-state index in [4.69, 9.17) is 10.5 Å². The second-order valence-corrected chi connectivity index (χ2v) is 7.27. The summed E-state index contributed by atoms with van der Waals surface area (Å²) in [6.07, 6.45) is -12.2. The van der Waals surface area contributed by atoms with E-state index in [1.54, 1.807) is 13.8 Å². The third kappa shape index (κ3) is 6.71. The fourth-order valence-electron chi connectivity index (χ4n) is 2.92. The van der Waals surface area contributed by atoms with Crippen molar-refractivity contribution in [2.45, 2.75) is 51.4 Å². The number of alkyl halides is 6. The van der Waals surface area contributed by atoms with Crippen LogP contribution in [-0.2, 0) is 20.5 Å². The van der Waals surface area contributed by atoms with Crippen LogP contribution in [0.25, 0.3) is 0 Å². The van der Waals surface area contributed by atoms with E-state index in [0.717, 1.165) is 6.07 Å². The Balaban J connectivity index is 2.25. The van der Waals surface area contributed by atoms with Crippen molar-refractivity contribution in [2.75, 3.05) is 13.1 Å². The standard InChI is InChI=1S/C18H21F6N3O4/c1-9(2)15(28)27-5-3-4-11(8-27)30-13-7-10(6-12(26-13)17(19,20)21)14(25)31-16(29)18(22,23)24/h6-7,9,11,14H,3-5,8,25H2,1-2H3/t11-,14?/m0/s1. The number of carbonyl (C=O) groups is 2. The van der Waals surface area contributed by atoms with Gasteiger partial charge in [-0.2, -0.15) is 26.3 Å². The van der Waals surface area contributed by atoms with Crippen LogP contribution in [0.3, 0.4) is 0 Å². The molecule has 0 radical (unpaired) electrons. The zero-order valence-corrected chi connectivity index (χ0v) is 16.6. The predicted molar refractivity (Wildman–Crippen MR) is 93.4 cm³/mol. The molecule has 1 saturated heterocycles. The first kappa shape index (κ1) is 24.7. The number of ether oxygens (including phenoxy) is 2. The minimum Gasteiger partial charge on any atom is -0.472 e. The third-order valence-corrected chi connectivity index (χ3v) is 4.38. The number of carbonyl (C=O) groups excluding carboxylic acids is 2. The van der Waals surface area contributed by atoms with Gasteiger partial charge in [-0.3, -0.25) is 10.5 Å². The average molecular weight is 457 g/mol. The van der Waals surface area contributed by atoms with Crippen molar-refractivity contribution in [1.29, 1.82) is 0 Å². The summed E-state index contributed by atoms with van der Waals surface area (Å²) in [6.45, 7) is 3.99. The van der Waals surface area contributed by atoms with Crippen LogP contribution in [0.15, 0.2) is 12.1 Å². The highest BCUT2D eigenvalue weighted by molar-refractivity contribution is 5.78. The van der Waals surface area contributed by atoms with Gasteiger partial charge in [0, 0.05) is 24.1 Å². The molecule has 1 aliphatic heterocycles. The molecular formula is C18H21F6N3O4. The molecule has 0 aliphatic carbocycles. The molecule has 2 atom stereocenters. The summed E-state index contributed by atoms with van der Waals surface area (Å²) < 4.78 is 86.2. The molecule has 2 N–H and O–H groups in total. The number of aromatic nitrogens is 1. The number of hydrogen-bond donors (Lipinski definition) is 1. The molecule has 31 heavy (non-hydrogen) atoms. The lowest BCUT2D eigenvalue weighted by atomic mass is 10.1. The first-order chi connectivity index (χ1) is 14.2. The van der Waals surface area contributed by atoms with Gasteiger partial charge in [0.15, 0.2) is 6.23 Å². The van der Waals surface area contributed by atoms with Crippen molar-refractivity contribution in [2.24, 2.45) is 11.7 Å². The Morgan fingerprint density at radius 2 is 1.84 bits per heavy atom. The van der Waals surface area contributed by atoms with Gasteiger partial charge in [-0.25, -0.2) is 9.78 Å². The van der Waals surface area contributed by atoms with Gasteiger partial charge in [0.05, 0.1) is 6.54 Å². The Morgan fingerprint density at radius 1 is 1.19 bits per heavy atom. The molecule has 1 unspecified atom stereocenters. The lowest BCUT2D eigenvalue weighted by Crippen LogP contribution is -2.46. The van der Waals surface area contributed by atoms with E-state index in [2.05, 4.69) is 9.72 Å². The zero-order valence-electron chi connectivity index (χ0n) is 16.6. The molecule has 7 nitrogen and oxygen atoms in total.